The number of nitrogens with two attached hydrogens (primary N) is 1. The molecule has 1 unspecified atom stereocenters. The first kappa shape index (κ1) is 18.8. The molecule has 1 heterocycles. The van der Waals surface area contributed by atoms with Crippen molar-refractivity contribution in [2.45, 2.75) is 5.92 Å². The van der Waals surface area contributed by atoms with E-state index in [1.54, 1.807) is 36.4 Å². The molecule has 29 heavy (non-hydrogen) atoms. The lowest BCUT2D eigenvalue weighted by molar-refractivity contribution is 0.0733. The highest BCUT2D eigenvalue weighted by molar-refractivity contribution is 9.10. The van der Waals surface area contributed by atoms with Gasteiger partial charge in [0.15, 0.2) is 0 Å². The van der Waals surface area contributed by atoms with E-state index in [2.05, 4.69) is 22.0 Å². The van der Waals surface area contributed by atoms with Gasteiger partial charge in [-0.1, -0.05) is 48.5 Å². The van der Waals surface area contributed by atoms with E-state index in [9.17, 15) is 10.1 Å². The number of rotatable bonds is 3. The van der Waals surface area contributed by atoms with Crippen LogP contribution in [-0.4, -0.2) is 5.97 Å². The Hall–Kier alpha value is -3.56. The third-order valence-electron chi connectivity index (χ3n) is 4.63. The lowest BCUT2D eigenvalue weighted by atomic mass is 9.83. The summed E-state index contributed by atoms with van der Waals surface area (Å²) >= 11 is 3.35. The maximum absolute atomic E-state index is 12.5. The minimum atomic E-state index is -0.492. The van der Waals surface area contributed by atoms with Gasteiger partial charge in [-0.05, 0) is 39.7 Å². The van der Waals surface area contributed by atoms with Crippen LogP contribution in [-0.2, 0) is 0 Å². The van der Waals surface area contributed by atoms with Gasteiger partial charge in [0.25, 0.3) is 0 Å². The summed E-state index contributed by atoms with van der Waals surface area (Å²) in [6, 6.07) is 23.9. The van der Waals surface area contributed by atoms with Crippen LogP contribution in [0.25, 0.3) is 0 Å². The van der Waals surface area contributed by atoms with Crippen LogP contribution < -0.4 is 15.2 Å². The van der Waals surface area contributed by atoms with E-state index < -0.39 is 5.97 Å². The number of nitrogens with zero attached hydrogens (tertiary/aromatic N) is 1. The van der Waals surface area contributed by atoms with Crippen molar-refractivity contribution >= 4 is 21.9 Å². The monoisotopic (exact) mass is 446 g/mol. The average Bonchev–Trinajstić information content (AvgIpc) is 2.73. The summed E-state index contributed by atoms with van der Waals surface area (Å²) in [4.78, 5) is 12.5. The summed E-state index contributed by atoms with van der Waals surface area (Å²) in [5.74, 6) is -0.0209. The van der Waals surface area contributed by atoms with Crippen LogP contribution in [0.5, 0.6) is 11.5 Å². The number of hydrogen-bond acceptors (Lipinski definition) is 5. The van der Waals surface area contributed by atoms with Crippen molar-refractivity contribution in [2.24, 2.45) is 5.73 Å². The lowest BCUT2D eigenvalue weighted by Gasteiger charge is -2.26. The number of carbonyl (C=O) groups excluding carboxylic acids is 1. The molecule has 3 aromatic carbocycles. The number of ether oxygens (including phenoxy) is 2. The van der Waals surface area contributed by atoms with Gasteiger partial charge in [0.05, 0.1) is 11.5 Å². The summed E-state index contributed by atoms with van der Waals surface area (Å²) in [5, 5.41) is 9.60. The Kier molecular flexibility index (Phi) is 5.07. The molecule has 1 aliphatic rings. The zero-order chi connectivity index (χ0) is 20.4. The van der Waals surface area contributed by atoms with E-state index >= 15 is 0 Å². The summed E-state index contributed by atoms with van der Waals surface area (Å²) in [6.07, 6.45) is 0. The molecule has 0 radical (unpaired) electrons. The molecule has 4 rings (SSSR count). The van der Waals surface area contributed by atoms with Crippen LogP contribution in [0.2, 0.25) is 0 Å². The smallest absolute Gasteiger partial charge is 0.344 e. The summed E-state index contributed by atoms with van der Waals surface area (Å²) in [6.45, 7) is 0. The third-order valence-corrected chi connectivity index (χ3v) is 5.32. The molecule has 142 valence electrons. The molecule has 1 atom stereocenters. The zero-order valence-electron chi connectivity index (χ0n) is 15.1. The molecule has 5 nitrogen and oxygen atoms in total. The molecule has 1 aliphatic heterocycles. The Morgan fingerprint density at radius 1 is 1.07 bits per heavy atom. The van der Waals surface area contributed by atoms with Crippen molar-refractivity contribution in [3.63, 3.8) is 0 Å². The number of carbonyl (C=O) groups is 1. The molecule has 0 saturated heterocycles. The van der Waals surface area contributed by atoms with Gasteiger partial charge in [0.1, 0.15) is 23.1 Å². The standard InChI is InChI=1S/C23H15BrN2O3/c24-19-9-5-4-8-16(19)23(27)28-15-10-11-17-20(12-15)29-22(26)18(13-25)21(17)14-6-2-1-3-7-14/h1-12,21H,26H2. The van der Waals surface area contributed by atoms with Gasteiger partial charge in [-0.2, -0.15) is 5.26 Å². The van der Waals surface area contributed by atoms with Crippen LogP contribution in [0.15, 0.2) is 88.7 Å². The molecule has 0 aliphatic carbocycles. The van der Waals surface area contributed by atoms with E-state index in [-0.39, 0.29) is 11.8 Å². The first-order chi connectivity index (χ1) is 14.1. The van der Waals surface area contributed by atoms with Crippen molar-refractivity contribution in [1.29, 1.82) is 5.26 Å². The topological polar surface area (TPSA) is 85.3 Å². The second kappa shape index (κ2) is 7.82. The number of fused-ring (bicyclic) bond motifs is 1. The van der Waals surface area contributed by atoms with Crippen LogP contribution in [0.1, 0.15) is 27.4 Å². The van der Waals surface area contributed by atoms with Gasteiger partial charge in [-0.25, -0.2) is 4.79 Å². The van der Waals surface area contributed by atoms with E-state index in [0.717, 1.165) is 11.1 Å². The van der Waals surface area contributed by atoms with Crippen LogP contribution in [0.3, 0.4) is 0 Å². The van der Waals surface area contributed by atoms with Crippen molar-refractivity contribution in [1.82, 2.24) is 0 Å². The fourth-order valence-electron chi connectivity index (χ4n) is 3.28. The van der Waals surface area contributed by atoms with E-state index in [1.165, 1.54) is 0 Å². The number of benzene rings is 3. The van der Waals surface area contributed by atoms with Gasteiger partial charge in [-0.15, -0.1) is 0 Å². The molecule has 0 bridgehead atoms. The minimum Gasteiger partial charge on any atom is -0.440 e. The molecule has 0 fully saturated rings. The Labute approximate surface area is 176 Å². The predicted molar refractivity (Wildman–Crippen MR) is 111 cm³/mol. The summed E-state index contributed by atoms with van der Waals surface area (Å²) < 4.78 is 11.8. The van der Waals surface area contributed by atoms with Crippen molar-refractivity contribution in [2.75, 3.05) is 0 Å². The van der Waals surface area contributed by atoms with E-state index in [0.29, 0.717) is 27.1 Å². The Balaban J connectivity index is 1.70. The Morgan fingerprint density at radius 3 is 2.52 bits per heavy atom. The minimum absolute atomic E-state index is 0.0446. The first-order valence-electron chi connectivity index (χ1n) is 8.81. The van der Waals surface area contributed by atoms with Gasteiger partial charge >= 0.3 is 5.97 Å². The average molecular weight is 447 g/mol. The van der Waals surface area contributed by atoms with Gasteiger partial charge in [0, 0.05) is 16.1 Å². The molecule has 3 aromatic rings. The zero-order valence-corrected chi connectivity index (χ0v) is 16.7. The molecular formula is C23H15BrN2O3. The molecule has 2 N–H and O–H groups in total. The Morgan fingerprint density at radius 2 is 1.79 bits per heavy atom. The largest absolute Gasteiger partial charge is 0.440 e. The molecule has 0 spiro atoms. The number of hydrogen-bond donors (Lipinski definition) is 1. The molecule has 0 aromatic heterocycles. The van der Waals surface area contributed by atoms with Crippen LogP contribution >= 0.6 is 15.9 Å². The fourth-order valence-corrected chi connectivity index (χ4v) is 3.72. The normalized spacial score (nSPS) is 15.1. The number of nitriles is 1. The highest BCUT2D eigenvalue weighted by atomic mass is 79.9. The van der Waals surface area contributed by atoms with Crippen molar-refractivity contribution in [3.05, 3.63) is 105 Å². The molecule has 0 saturated carbocycles. The van der Waals surface area contributed by atoms with Crippen LogP contribution in [0, 0.1) is 11.3 Å². The lowest BCUT2D eigenvalue weighted by Crippen LogP contribution is -2.21. The third kappa shape index (κ3) is 3.60. The van der Waals surface area contributed by atoms with Crippen molar-refractivity contribution in [3.8, 4) is 17.6 Å². The first-order valence-corrected chi connectivity index (χ1v) is 9.61. The summed E-state index contributed by atoms with van der Waals surface area (Å²) in [5.41, 5.74) is 8.49. The SMILES string of the molecule is N#CC1=C(N)Oc2cc(OC(=O)c3ccccc3Br)ccc2C1c1ccccc1. The maximum atomic E-state index is 12.5. The van der Waals surface area contributed by atoms with E-state index in [1.807, 2.05) is 36.4 Å². The Bertz CT molecular complexity index is 1170. The number of halogens is 1. The molecular weight excluding hydrogens is 432 g/mol. The predicted octanol–water partition coefficient (Wildman–Crippen LogP) is 4.89. The highest BCUT2D eigenvalue weighted by Crippen LogP contribution is 2.43. The second-order valence-corrected chi connectivity index (χ2v) is 7.26. The fraction of sp³-hybridized carbons (Fsp3) is 0.0435. The maximum Gasteiger partial charge on any atom is 0.344 e. The number of allylic oxidation sites excluding steroid dienone is 1. The van der Waals surface area contributed by atoms with Crippen LogP contribution in [0.4, 0.5) is 0 Å². The van der Waals surface area contributed by atoms with Gasteiger partial charge < -0.3 is 15.2 Å². The summed E-state index contributed by atoms with van der Waals surface area (Å²) in [7, 11) is 0. The molecule has 6 heteroatoms. The molecule has 0 amide bonds. The van der Waals surface area contributed by atoms with Crippen molar-refractivity contribution < 1.29 is 14.3 Å². The van der Waals surface area contributed by atoms with E-state index in [4.69, 9.17) is 15.2 Å². The quantitative estimate of drug-likeness (QED) is 0.457. The highest BCUT2D eigenvalue weighted by Gasteiger charge is 2.31. The number of esters is 1. The second-order valence-electron chi connectivity index (χ2n) is 6.40. The van der Waals surface area contributed by atoms with Gasteiger partial charge in [-0.3, -0.25) is 0 Å². The van der Waals surface area contributed by atoms with Gasteiger partial charge in [0.2, 0.25) is 5.88 Å².